The van der Waals surface area contributed by atoms with Gasteiger partial charge in [0.1, 0.15) is 11.3 Å². The number of furan rings is 1. The van der Waals surface area contributed by atoms with E-state index in [0.717, 1.165) is 24.5 Å². The van der Waals surface area contributed by atoms with Crippen molar-refractivity contribution in [2.75, 3.05) is 19.8 Å². The van der Waals surface area contributed by atoms with Crippen LogP contribution in [0, 0.1) is 6.92 Å². The molecule has 0 amide bonds. The molecule has 0 saturated carbocycles. The Morgan fingerprint density at radius 3 is 2.94 bits per heavy atom. The number of morpholine rings is 1. The van der Waals surface area contributed by atoms with Gasteiger partial charge in [0.05, 0.1) is 19.3 Å². The molecular weight excluding hydrogens is 202 g/mol. The standard InChI is InChI=1S/C13H15NO2/c1-9-10-4-2-3-5-12(10)16-13(9)11-8-15-7-6-14-11/h2-5,11,14H,6-8H2,1H3. The average molecular weight is 217 g/mol. The van der Waals surface area contributed by atoms with Gasteiger partial charge < -0.3 is 14.5 Å². The summed E-state index contributed by atoms with van der Waals surface area (Å²) in [5.41, 5.74) is 2.18. The van der Waals surface area contributed by atoms with Gasteiger partial charge in [-0.15, -0.1) is 0 Å². The minimum atomic E-state index is 0.196. The van der Waals surface area contributed by atoms with Crippen LogP contribution in [0.4, 0.5) is 0 Å². The summed E-state index contributed by atoms with van der Waals surface area (Å²) in [6.07, 6.45) is 0. The van der Waals surface area contributed by atoms with Crippen LogP contribution in [0.1, 0.15) is 17.4 Å². The number of para-hydroxylation sites is 1. The Bertz CT molecular complexity index is 498. The predicted octanol–water partition coefficient (Wildman–Crippen LogP) is 2.40. The number of nitrogens with one attached hydrogen (secondary N) is 1. The third kappa shape index (κ3) is 1.52. The first-order valence-corrected chi connectivity index (χ1v) is 5.65. The molecule has 1 atom stereocenters. The Balaban J connectivity index is 2.05. The molecule has 1 aliphatic rings. The fourth-order valence-corrected chi connectivity index (χ4v) is 2.26. The molecule has 0 spiro atoms. The van der Waals surface area contributed by atoms with E-state index >= 15 is 0 Å². The van der Waals surface area contributed by atoms with Crippen LogP contribution in [0.5, 0.6) is 0 Å². The molecule has 1 aromatic carbocycles. The third-order valence-electron chi connectivity index (χ3n) is 3.12. The van der Waals surface area contributed by atoms with E-state index in [4.69, 9.17) is 9.15 Å². The lowest BCUT2D eigenvalue weighted by atomic mass is 10.1. The van der Waals surface area contributed by atoms with Crippen molar-refractivity contribution < 1.29 is 9.15 Å². The fraction of sp³-hybridized carbons (Fsp3) is 0.385. The maximum atomic E-state index is 5.90. The van der Waals surface area contributed by atoms with Gasteiger partial charge in [0.25, 0.3) is 0 Å². The van der Waals surface area contributed by atoms with Crippen LogP contribution in [0.2, 0.25) is 0 Å². The third-order valence-corrected chi connectivity index (χ3v) is 3.12. The number of benzene rings is 1. The van der Waals surface area contributed by atoms with Gasteiger partial charge in [0.2, 0.25) is 0 Å². The zero-order valence-corrected chi connectivity index (χ0v) is 9.32. The van der Waals surface area contributed by atoms with Gasteiger partial charge in [-0.1, -0.05) is 18.2 Å². The van der Waals surface area contributed by atoms with Gasteiger partial charge >= 0.3 is 0 Å². The van der Waals surface area contributed by atoms with E-state index in [1.807, 2.05) is 18.2 Å². The molecule has 1 fully saturated rings. The molecule has 16 heavy (non-hydrogen) atoms. The quantitative estimate of drug-likeness (QED) is 0.796. The monoisotopic (exact) mass is 217 g/mol. The summed E-state index contributed by atoms with van der Waals surface area (Å²) in [6, 6.07) is 8.34. The molecule has 3 heteroatoms. The van der Waals surface area contributed by atoms with Crippen molar-refractivity contribution in [1.82, 2.24) is 5.32 Å². The Morgan fingerprint density at radius 1 is 1.31 bits per heavy atom. The molecule has 2 heterocycles. The van der Waals surface area contributed by atoms with Gasteiger partial charge in [0, 0.05) is 17.5 Å². The second kappa shape index (κ2) is 3.92. The molecular formula is C13H15NO2. The van der Waals surface area contributed by atoms with Crippen molar-refractivity contribution in [2.45, 2.75) is 13.0 Å². The smallest absolute Gasteiger partial charge is 0.134 e. The first kappa shape index (κ1) is 9.87. The zero-order chi connectivity index (χ0) is 11.0. The van der Waals surface area contributed by atoms with Gasteiger partial charge in [-0.25, -0.2) is 0 Å². The second-order valence-corrected chi connectivity index (χ2v) is 4.17. The van der Waals surface area contributed by atoms with Crippen LogP contribution in [0.3, 0.4) is 0 Å². The Labute approximate surface area is 94.4 Å². The Hall–Kier alpha value is -1.32. The van der Waals surface area contributed by atoms with Gasteiger partial charge in [-0.2, -0.15) is 0 Å². The summed E-state index contributed by atoms with van der Waals surface area (Å²) >= 11 is 0. The Morgan fingerprint density at radius 2 is 2.19 bits per heavy atom. The minimum absolute atomic E-state index is 0.196. The van der Waals surface area contributed by atoms with Crippen LogP contribution < -0.4 is 5.32 Å². The van der Waals surface area contributed by atoms with Crippen LogP contribution in [0.15, 0.2) is 28.7 Å². The van der Waals surface area contributed by atoms with Crippen LogP contribution in [-0.4, -0.2) is 19.8 Å². The average Bonchev–Trinajstić information content (AvgIpc) is 2.69. The summed E-state index contributed by atoms with van der Waals surface area (Å²) in [7, 11) is 0. The summed E-state index contributed by atoms with van der Waals surface area (Å²) in [4.78, 5) is 0. The van der Waals surface area contributed by atoms with Crippen LogP contribution in [0.25, 0.3) is 11.0 Å². The van der Waals surface area contributed by atoms with E-state index in [1.165, 1.54) is 10.9 Å². The maximum absolute atomic E-state index is 5.90. The molecule has 3 nitrogen and oxygen atoms in total. The first-order valence-electron chi connectivity index (χ1n) is 5.65. The van der Waals surface area contributed by atoms with Crippen molar-refractivity contribution in [3.05, 3.63) is 35.6 Å². The van der Waals surface area contributed by atoms with E-state index in [2.05, 4.69) is 18.3 Å². The van der Waals surface area contributed by atoms with E-state index in [-0.39, 0.29) is 6.04 Å². The molecule has 1 aliphatic heterocycles. The van der Waals surface area contributed by atoms with Gasteiger partial charge in [-0.3, -0.25) is 0 Å². The number of ether oxygens (including phenoxy) is 1. The van der Waals surface area contributed by atoms with Crippen molar-refractivity contribution in [3.8, 4) is 0 Å². The molecule has 1 saturated heterocycles. The fourth-order valence-electron chi connectivity index (χ4n) is 2.26. The number of hydrogen-bond donors (Lipinski definition) is 1. The number of aryl methyl sites for hydroxylation is 1. The lowest BCUT2D eigenvalue weighted by Crippen LogP contribution is -2.34. The maximum Gasteiger partial charge on any atom is 0.134 e. The highest BCUT2D eigenvalue weighted by atomic mass is 16.5. The van der Waals surface area contributed by atoms with E-state index in [1.54, 1.807) is 0 Å². The molecule has 0 bridgehead atoms. The topological polar surface area (TPSA) is 34.4 Å². The van der Waals surface area contributed by atoms with Crippen molar-refractivity contribution >= 4 is 11.0 Å². The van der Waals surface area contributed by atoms with Gasteiger partial charge in [0.15, 0.2) is 0 Å². The summed E-state index contributed by atoms with van der Waals surface area (Å²) in [6.45, 7) is 4.48. The number of fused-ring (bicyclic) bond motifs is 1. The molecule has 1 aromatic heterocycles. The molecule has 84 valence electrons. The summed E-state index contributed by atoms with van der Waals surface area (Å²) < 4.78 is 11.4. The lowest BCUT2D eigenvalue weighted by molar-refractivity contribution is 0.0702. The molecule has 1 N–H and O–H groups in total. The molecule has 2 aromatic rings. The Kier molecular flexibility index (Phi) is 2.42. The van der Waals surface area contributed by atoms with E-state index in [9.17, 15) is 0 Å². The van der Waals surface area contributed by atoms with E-state index < -0.39 is 0 Å². The van der Waals surface area contributed by atoms with Crippen molar-refractivity contribution in [3.63, 3.8) is 0 Å². The lowest BCUT2D eigenvalue weighted by Gasteiger charge is -2.22. The van der Waals surface area contributed by atoms with Crippen molar-refractivity contribution in [2.24, 2.45) is 0 Å². The highest BCUT2D eigenvalue weighted by molar-refractivity contribution is 5.82. The zero-order valence-electron chi connectivity index (χ0n) is 9.32. The highest BCUT2D eigenvalue weighted by Gasteiger charge is 2.22. The largest absolute Gasteiger partial charge is 0.459 e. The second-order valence-electron chi connectivity index (χ2n) is 4.17. The minimum Gasteiger partial charge on any atom is -0.459 e. The SMILES string of the molecule is Cc1c(C2COCCN2)oc2ccccc12. The predicted molar refractivity (Wildman–Crippen MR) is 62.5 cm³/mol. The number of rotatable bonds is 1. The molecule has 3 rings (SSSR count). The molecule has 0 radical (unpaired) electrons. The van der Waals surface area contributed by atoms with Crippen molar-refractivity contribution in [1.29, 1.82) is 0 Å². The first-order chi connectivity index (χ1) is 7.86. The normalized spacial score (nSPS) is 21.4. The number of hydrogen-bond acceptors (Lipinski definition) is 3. The van der Waals surface area contributed by atoms with Crippen LogP contribution in [-0.2, 0) is 4.74 Å². The van der Waals surface area contributed by atoms with Gasteiger partial charge in [-0.05, 0) is 13.0 Å². The van der Waals surface area contributed by atoms with Crippen LogP contribution >= 0.6 is 0 Å². The summed E-state index contributed by atoms with van der Waals surface area (Å²) in [5.74, 6) is 1.01. The highest BCUT2D eigenvalue weighted by Crippen LogP contribution is 2.29. The summed E-state index contributed by atoms with van der Waals surface area (Å²) in [5, 5.41) is 4.62. The molecule has 0 aliphatic carbocycles. The van der Waals surface area contributed by atoms with E-state index in [0.29, 0.717) is 6.61 Å². The molecule has 1 unspecified atom stereocenters.